The monoisotopic (exact) mass is 362 g/mol. The van der Waals surface area contributed by atoms with Crippen LogP contribution in [0.2, 0.25) is 18.1 Å². The van der Waals surface area contributed by atoms with Crippen LogP contribution in [-0.2, 0) is 0 Å². The lowest BCUT2D eigenvalue weighted by molar-refractivity contribution is 0.221. The van der Waals surface area contributed by atoms with Gasteiger partial charge in [0.1, 0.15) is 5.75 Å². The lowest BCUT2D eigenvalue weighted by Crippen LogP contribution is -2.37. The predicted molar refractivity (Wildman–Crippen MR) is 112 cm³/mol. The molecule has 0 fully saturated rings. The molecule has 1 N–H and O–H groups in total. The van der Waals surface area contributed by atoms with Gasteiger partial charge >= 0.3 is 0 Å². The summed E-state index contributed by atoms with van der Waals surface area (Å²) in [6.45, 7) is 9.18. The molecule has 0 heterocycles. The summed E-state index contributed by atoms with van der Waals surface area (Å²) in [4.78, 5) is 0. The van der Waals surface area contributed by atoms with Crippen molar-refractivity contribution >= 4 is 8.07 Å². The highest BCUT2D eigenvalue weighted by atomic mass is 28.3. The average molecular weight is 363 g/mol. The Labute approximate surface area is 156 Å². The molecular weight excluding hydrogens is 324 g/mol. The van der Waals surface area contributed by atoms with Crippen molar-refractivity contribution in [3.05, 3.63) is 41.1 Å². The molecule has 0 aliphatic rings. The van der Waals surface area contributed by atoms with Gasteiger partial charge in [-0.05, 0) is 30.5 Å². The highest BCUT2D eigenvalue weighted by Gasteiger charge is 2.35. The van der Waals surface area contributed by atoms with Gasteiger partial charge in [-0.15, -0.1) is 0 Å². The molecule has 0 saturated carbocycles. The van der Waals surface area contributed by atoms with Gasteiger partial charge in [0.2, 0.25) is 0 Å². The van der Waals surface area contributed by atoms with Crippen molar-refractivity contribution in [3.63, 3.8) is 0 Å². The molecule has 0 aromatic heterocycles. The summed E-state index contributed by atoms with van der Waals surface area (Å²) in [5, 5.41) is 12.5. The van der Waals surface area contributed by atoms with E-state index in [9.17, 15) is 5.11 Å². The third-order valence-electron chi connectivity index (χ3n) is 5.79. The zero-order valence-electron chi connectivity index (χ0n) is 17.0. The minimum absolute atomic E-state index is 0.469. The Hall–Kier alpha value is -1.06. The first-order chi connectivity index (χ1) is 12.1. The Bertz CT molecular complexity index is 495. The van der Waals surface area contributed by atoms with Gasteiger partial charge in [0.25, 0.3) is 0 Å². The van der Waals surface area contributed by atoms with Gasteiger partial charge < -0.3 is 9.84 Å². The van der Waals surface area contributed by atoms with Crippen LogP contribution in [0.15, 0.2) is 35.5 Å². The number of aliphatic hydroxyl groups is 1. The van der Waals surface area contributed by atoms with E-state index >= 15 is 0 Å². The third-order valence-corrected chi connectivity index (χ3v) is 11.6. The van der Waals surface area contributed by atoms with Crippen molar-refractivity contribution in [2.24, 2.45) is 0 Å². The molecule has 1 aromatic carbocycles. The molecule has 0 spiro atoms. The topological polar surface area (TPSA) is 29.5 Å². The Morgan fingerprint density at radius 2 is 1.60 bits per heavy atom. The minimum atomic E-state index is -1.60. The molecule has 0 amide bonds. The number of ether oxygens (including phenoxy) is 1. The van der Waals surface area contributed by atoms with Gasteiger partial charge in [-0.25, -0.2) is 0 Å². The first kappa shape index (κ1) is 22.0. The summed E-state index contributed by atoms with van der Waals surface area (Å²) in [5.74, 6) is 0.839. The van der Waals surface area contributed by atoms with E-state index in [1.807, 2.05) is 24.3 Å². The Morgan fingerprint density at radius 1 is 1.00 bits per heavy atom. The maximum atomic E-state index is 11.2. The summed E-state index contributed by atoms with van der Waals surface area (Å²) in [7, 11) is 0.0736. The highest BCUT2D eigenvalue weighted by Crippen LogP contribution is 2.37. The zero-order valence-corrected chi connectivity index (χ0v) is 18.0. The molecule has 2 nitrogen and oxygen atoms in total. The van der Waals surface area contributed by atoms with Gasteiger partial charge in [0.15, 0.2) is 0 Å². The SMILES string of the molecule is CCCCCC/C=C(\C(O)c1ccc(OC)cc1)[Si](CC)(CC)CC. The first-order valence-electron chi connectivity index (χ1n) is 10.1. The lowest BCUT2D eigenvalue weighted by atomic mass is 10.1. The molecule has 0 saturated heterocycles. The number of rotatable bonds is 12. The second-order valence-electron chi connectivity index (χ2n) is 7.03. The molecule has 1 atom stereocenters. The van der Waals surface area contributed by atoms with Crippen LogP contribution in [0.3, 0.4) is 0 Å². The molecule has 1 aromatic rings. The molecular formula is C22H38O2Si. The summed E-state index contributed by atoms with van der Waals surface area (Å²) in [5.41, 5.74) is 0.993. The van der Waals surface area contributed by atoms with Crippen LogP contribution in [0.4, 0.5) is 0 Å². The Morgan fingerprint density at radius 3 is 2.08 bits per heavy atom. The second-order valence-corrected chi connectivity index (χ2v) is 12.3. The molecule has 0 bridgehead atoms. The maximum absolute atomic E-state index is 11.2. The van der Waals surface area contributed by atoms with Gasteiger partial charge in [0, 0.05) is 0 Å². The number of hydrogen-bond donors (Lipinski definition) is 1. The maximum Gasteiger partial charge on any atom is 0.118 e. The molecule has 0 aliphatic heterocycles. The summed E-state index contributed by atoms with van der Waals surface area (Å²) in [6.07, 6.45) is 8.12. The van der Waals surface area contributed by atoms with E-state index in [2.05, 4.69) is 33.8 Å². The third kappa shape index (κ3) is 6.00. The standard InChI is InChI=1S/C22H38O2Si/c1-6-10-11-12-13-14-21(25(7-2,8-3)9-4)22(23)19-15-17-20(24-5)18-16-19/h14-18,22-23H,6-13H2,1-5H3/b21-14+. The minimum Gasteiger partial charge on any atom is -0.497 e. The van der Waals surface area contributed by atoms with Crippen molar-refractivity contribution in [2.45, 2.75) is 84.0 Å². The second kappa shape index (κ2) is 11.5. The van der Waals surface area contributed by atoms with Gasteiger partial charge in [-0.2, -0.15) is 0 Å². The number of hydrogen-bond acceptors (Lipinski definition) is 2. The van der Waals surface area contributed by atoms with Crippen LogP contribution in [0.5, 0.6) is 5.75 Å². The number of aliphatic hydroxyl groups excluding tert-OH is 1. The molecule has 0 radical (unpaired) electrons. The van der Waals surface area contributed by atoms with E-state index in [1.54, 1.807) is 7.11 Å². The fourth-order valence-corrected chi connectivity index (χ4v) is 7.82. The zero-order chi connectivity index (χ0) is 18.7. The smallest absolute Gasteiger partial charge is 0.118 e. The van der Waals surface area contributed by atoms with Crippen molar-refractivity contribution in [1.82, 2.24) is 0 Å². The van der Waals surface area contributed by atoms with Gasteiger partial charge in [-0.1, -0.05) is 88.5 Å². The fraction of sp³-hybridized carbons (Fsp3) is 0.636. The number of unbranched alkanes of at least 4 members (excludes halogenated alkanes) is 4. The molecule has 25 heavy (non-hydrogen) atoms. The quantitative estimate of drug-likeness (QED) is 0.332. The van der Waals surface area contributed by atoms with Crippen molar-refractivity contribution < 1.29 is 9.84 Å². The van der Waals surface area contributed by atoms with Gasteiger partial charge in [0.05, 0.1) is 21.3 Å². The normalized spacial score (nSPS) is 13.8. The Kier molecular flexibility index (Phi) is 10.1. The van der Waals surface area contributed by atoms with E-state index in [0.717, 1.165) is 17.7 Å². The van der Waals surface area contributed by atoms with Crippen LogP contribution in [0.25, 0.3) is 0 Å². The lowest BCUT2D eigenvalue weighted by Gasteiger charge is -2.34. The molecule has 1 unspecified atom stereocenters. The van der Waals surface area contributed by atoms with Crippen LogP contribution < -0.4 is 4.74 Å². The number of methoxy groups -OCH3 is 1. The van der Waals surface area contributed by atoms with Crippen molar-refractivity contribution in [1.29, 1.82) is 0 Å². The number of allylic oxidation sites excluding steroid dienone is 1. The Balaban J connectivity index is 3.08. The fourth-order valence-electron chi connectivity index (χ4n) is 3.77. The largest absolute Gasteiger partial charge is 0.497 e. The van der Waals surface area contributed by atoms with Crippen molar-refractivity contribution in [2.75, 3.05) is 7.11 Å². The summed E-state index contributed by atoms with van der Waals surface area (Å²) >= 11 is 0. The van der Waals surface area contributed by atoms with E-state index in [-0.39, 0.29) is 0 Å². The summed E-state index contributed by atoms with van der Waals surface area (Å²) in [6, 6.07) is 11.5. The average Bonchev–Trinajstić information content (AvgIpc) is 2.67. The molecule has 1 rings (SSSR count). The summed E-state index contributed by atoms with van der Waals surface area (Å²) < 4.78 is 5.26. The molecule has 142 valence electrons. The van der Waals surface area contributed by atoms with Crippen LogP contribution in [0, 0.1) is 0 Å². The number of benzene rings is 1. The van der Waals surface area contributed by atoms with Crippen LogP contribution in [0.1, 0.15) is 71.5 Å². The van der Waals surface area contributed by atoms with Gasteiger partial charge in [-0.3, -0.25) is 0 Å². The van der Waals surface area contributed by atoms with E-state index in [4.69, 9.17) is 4.74 Å². The first-order valence-corrected chi connectivity index (χ1v) is 12.7. The predicted octanol–water partition coefficient (Wildman–Crippen LogP) is 6.67. The molecule has 3 heteroatoms. The van der Waals surface area contributed by atoms with Crippen LogP contribution >= 0.6 is 0 Å². The van der Waals surface area contributed by atoms with Crippen molar-refractivity contribution in [3.8, 4) is 5.75 Å². The van der Waals surface area contributed by atoms with E-state index < -0.39 is 14.2 Å². The highest BCUT2D eigenvalue weighted by molar-refractivity contribution is 6.86. The van der Waals surface area contributed by atoms with E-state index in [1.165, 1.54) is 49.0 Å². The molecule has 0 aliphatic carbocycles. The van der Waals surface area contributed by atoms with E-state index in [0.29, 0.717) is 0 Å². The van der Waals surface area contributed by atoms with Crippen LogP contribution in [-0.4, -0.2) is 20.3 Å².